The van der Waals surface area contributed by atoms with E-state index in [1.165, 1.54) is 0 Å². The van der Waals surface area contributed by atoms with Crippen molar-refractivity contribution in [1.82, 2.24) is 9.55 Å². The van der Waals surface area contributed by atoms with Crippen LogP contribution < -0.4 is 11.2 Å². The number of rotatable bonds is 0. The van der Waals surface area contributed by atoms with Crippen LogP contribution in [0, 0.1) is 11.3 Å². The first kappa shape index (κ1) is 10.3. The zero-order chi connectivity index (χ0) is 10.9. The summed E-state index contributed by atoms with van der Waals surface area (Å²) in [5.74, 6) is 0. The van der Waals surface area contributed by atoms with Gasteiger partial charge in [0.15, 0.2) is 0 Å². The lowest BCUT2D eigenvalue weighted by Crippen LogP contribution is -2.45. The smallest absolute Gasteiger partial charge is 0.313 e. The van der Waals surface area contributed by atoms with Gasteiger partial charge in [-0.05, 0) is 20.8 Å². The highest BCUT2D eigenvalue weighted by atomic mass is 16.2. The minimum atomic E-state index is -0.627. The second-order valence-corrected chi connectivity index (χ2v) is 3.93. The highest BCUT2D eigenvalue weighted by Gasteiger charge is 2.19. The highest BCUT2D eigenvalue weighted by molar-refractivity contribution is 5.22. The zero-order valence-corrected chi connectivity index (χ0v) is 8.29. The number of hydrogen-bond donors (Lipinski definition) is 1. The van der Waals surface area contributed by atoms with Crippen molar-refractivity contribution in [2.24, 2.45) is 0 Å². The fraction of sp³-hybridized carbons (Fsp3) is 0.444. The summed E-state index contributed by atoms with van der Waals surface area (Å²) in [6.07, 6.45) is 1.13. The Labute approximate surface area is 80.6 Å². The van der Waals surface area contributed by atoms with Gasteiger partial charge >= 0.3 is 5.69 Å². The third-order valence-electron chi connectivity index (χ3n) is 1.77. The Morgan fingerprint density at radius 1 is 1.43 bits per heavy atom. The highest BCUT2D eigenvalue weighted by Crippen LogP contribution is 2.06. The normalized spacial score (nSPS) is 11.0. The molecular weight excluding hydrogens is 182 g/mol. The maximum absolute atomic E-state index is 11.6. The van der Waals surface area contributed by atoms with E-state index in [9.17, 15) is 9.59 Å². The van der Waals surface area contributed by atoms with E-state index in [1.807, 2.05) is 0 Å². The van der Waals surface area contributed by atoms with E-state index >= 15 is 0 Å². The summed E-state index contributed by atoms with van der Waals surface area (Å²) in [6.45, 7) is 5.18. The van der Waals surface area contributed by atoms with Gasteiger partial charge in [-0.2, -0.15) is 5.26 Å². The van der Waals surface area contributed by atoms with Crippen LogP contribution in [0.25, 0.3) is 0 Å². The van der Waals surface area contributed by atoms with Crippen molar-refractivity contribution in [2.45, 2.75) is 26.3 Å². The van der Waals surface area contributed by atoms with E-state index < -0.39 is 16.8 Å². The van der Waals surface area contributed by atoms with E-state index in [4.69, 9.17) is 5.26 Å². The van der Waals surface area contributed by atoms with E-state index in [-0.39, 0.29) is 5.56 Å². The van der Waals surface area contributed by atoms with Crippen molar-refractivity contribution in [3.05, 3.63) is 32.6 Å². The Hall–Kier alpha value is -1.83. The van der Waals surface area contributed by atoms with Crippen LogP contribution in [0.3, 0.4) is 0 Å². The fourth-order valence-corrected chi connectivity index (χ4v) is 1.16. The molecule has 0 saturated carbocycles. The molecule has 0 aliphatic carbocycles. The molecule has 1 N–H and O–H groups in total. The summed E-state index contributed by atoms with van der Waals surface area (Å²) in [5.41, 5.74) is -1.73. The van der Waals surface area contributed by atoms with E-state index in [2.05, 4.69) is 4.98 Å². The van der Waals surface area contributed by atoms with E-state index in [0.717, 1.165) is 10.8 Å². The second kappa shape index (κ2) is 3.14. The number of nitrogens with zero attached hydrogens (tertiary/aromatic N) is 2. The van der Waals surface area contributed by atoms with Gasteiger partial charge in [-0.3, -0.25) is 9.36 Å². The van der Waals surface area contributed by atoms with Crippen LogP contribution in [0.5, 0.6) is 0 Å². The average Bonchev–Trinajstić information content (AvgIpc) is 2.02. The summed E-state index contributed by atoms with van der Waals surface area (Å²) < 4.78 is 1.03. The largest absolute Gasteiger partial charge is 0.328 e. The third-order valence-corrected chi connectivity index (χ3v) is 1.77. The molecule has 0 saturated heterocycles. The molecule has 0 atom stereocenters. The van der Waals surface area contributed by atoms with Crippen LogP contribution in [0.2, 0.25) is 0 Å². The molecule has 1 aromatic heterocycles. The monoisotopic (exact) mass is 193 g/mol. The van der Waals surface area contributed by atoms with Crippen LogP contribution in [0.4, 0.5) is 0 Å². The van der Waals surface area contributed by atoms with Gasteiger partial charge in [0.1, 0.15) is 11.6 Å². The maximum atomic E-state index is 11.6. The van der Waals surface area contributed by atoms with Gasteiger partial charge < -0.3 is 4.98 Å². The first-order valence-electron chi connectivity index (χ1n) is 4.13. The molecule has 0 unspecified atom stereocenters. The summed E-state index contributed by atoms with van der Waals surface area (Å²) in [7, 11) is 0. The Bertz CT molecular complexity index is 497. The van der Waals surface area contributed by atoms with Crippen molar-refractivity contribution < 1.29 is 0 Å². The number of H-pyrrole nitrogens is 1. The maximum Gasteiger partial charge on any atom is 0.328 e. The summed E-state index contributed by atoms with van der Waals surface area (Å²) in [6, 6.07) is 1.73. The summed E-state index contributed by atoms with van der Waals surface area (Å²) >= 11 is 0. The quantitative estimate of drug-likeness (QED) is 0.637. The SMILES string of the molecule is CC(C)(C)n1c(=O)[nH]cc(C#N)c1=O. The molecule has 1 aromatic rings. The van der Waals surface area contributed by atoms with Gasteiger partial charge in [0.2, 0.25) is 0 Å². The van der Waals surface area contributed by atoms with Crippen molar-refractivity contribution in [3.63, 3.8) is 0 Å². The Morgan fingerprint density at radius 3 is 2.43 bits per heavy atom. The van der Waals surface area contributed by atoms with Gasteiger partial charge in [-0.15, -0.1) is 0 Å². The first-order valence-corrected chi connectivity index (χ1v) is 4.13. The zero-order valence-electron chi connectivity index (χ0n) is 8.29. The lowest BCUT2D eigenvalue weighted by Gasteiger charge is -2.20. The van der Waals surface area contributed by atoms with Crippen LogP contribution >= 0.6 is 0 Å². The van der Waals surface area contributed by atoms with E-state index in [1.54, 1.807) is 26.8 Å². The number of aromatic nitrogens is 2. The van der Waals surface area contributed by atoms with Crippen molar-refractivity contribution in [1.29, 1.82) is 5.26 Å². The summed E-state index contributed by atoms with van der Waals surface area (Å²) in [5, 5.41) is 8.61. The standard InChI is InChI=1S/C9H11N3O2/c1-9(2,3)12-7(13)6(4-10)5-11-8(12)14/h5H,1-3H3,(H,11,14). The second-order valence-electron chi connectivity index (χ2n) is 3.93. The fourth-order valence-electron chi connectivity index (χ4n) is 1.16. The molecule has 0 aliphatic heterocycles. The Morgan fingerprint density at radius 2 is 2.00 bits per heavy atom. The molecule has 14 heavy (non-hydrogen) atoms. The average molecular weight is 193 g/mol. The van der Waals surface area contributed by atoms with Crippen molar-refractivity contribution in [2.75, 3.05) is 0 Å². The Kier molecular flexibility index (Phi) is 2.30. The molecule has 1 heterocycles. The molecule has 0 fully saturated rings. The minimum Gasteiger partial charge on any atom is -0.313 e. The molecule has 0 amide bonds. The van der Waals surface area contributed by atoms with Gasteiger partial charge in [-0.1, -0.05) is 0 Å². The van der Waals surface area contributed by atoms with Crippen LogP contribution in [0.15, 0.2) is 15.8 Å². The molecule has 0 aromatic carbocycles. The predicted molar refractivity (Wildman–Crippen MR) is 51.0 cm³/mol. The van der Waals surface area contributed by atoms with Crippen LogP contribution in [-0.2, 0) is 5.54 Å². The molecule has 5 nitrogen and oxygen atoms in total. The van der Waals surface area contributed by atoms with Crippen molar-refractivity contribution >= 4 is 0 Å². The van der Waals surface area contributed by atoms with Crippen LogP contribution in [0.1, 0.15) is 26.3 Å². The molecule has 5 heteroatoms. The molecule has 0 aliphatic rings. The van der Waals surface area contributed by atoms with Crippen molar-refractivity contribution in [3.8, 4) is 6.07 Å². The molecular formula is C9H11N3O2. The molecule has 0 bridgehead atoms. The number of aromatic amines is 1. The lowest BCUT2D eigenvalue weighted by atomic mass is 10.1. The third kappa shape index (κ3) is 1.59. The number of nitriles is 1. The molecule has 1 rings (SSSR count). The van der Waals surface area contributed by atoms with E-state index in [0.29, 0.717) is 0 Å². The number of nitrogens with one attached hydrogen (secondary N) is 1. The lowest BCUT2D eigenvalue weighted by molar-refractivity contribution is 0.366. The number of hydrogen-bond acceptors (Lipinski definition) is 3. The Balaban J connectivity index is 3.69. The molecule has 0 spiro atoms. The summed E-state index contributed by atoms with van der Waals surface area (Å²) in [4.78, 5) is 25.3. The topological polar surface area (TPSA) is 78.7 Å². The minimum absolute atomic E-state index is 0.0560. The first-order chi connectivity index (χ1) is 6.38. The predicted octanol–water partition coefficient (Wildman–Crippen LogP) is 0.163. The van der Waals surface area contributed by atoms with Crippen LogP contribution in [-0.4, -0.2) is 9.55 Å². The van der Waals surface area contributed by atoms with Gasteiger partial charge in [0, 0.05) is 11.7 Å². The van der Waals surface area contributed by atoms with Gasteiger partial charge in [0.05, 0.1) is 0 Å². The van der Waals surface area contributed by atoms with Gasteiger partial charge in [-0.25, -0.2) is 4.79 Å². The molecule has 74 valence electrons. The molecule has 0 radical (unpaired) electrons. The van der Waals surface area contributed by atoms with Gasteiger partial charge in [0.25, 0.3) is 5.56 Å².